The monoisotopic (exact) mass is 347 g/mol. The Balaban J connectivity index is 1.57. The molecule has 26 heavy (non-hydrogen) atoms. The van der Waals surface area contributed by atoms with Crippen molar-refractivity contribution >= 4 is 5.91 Å². The number of hydrogen-bond donors (Lipinski definition) is 1. The van der Waals surface area contributed by atoms with Crippen molar-refractivity contribution in [1.29, 1.82) is 0 Å². The zero-order valence-corrected chi connectivity index (χ0v) is 14.7. The van der Waals surface area contributed by atoms with Gasteiger partial charge in [-0.05, 0) is 59.9 Å². The largest absolute Gasteiger partial charge is 0.345 e. The first-order valence-corrected chi connectivity index (χ1v) is 9.01. The topological polar surface area (TPSA) is 72.7 Å². The number of nitrogens with one attached hydrogen (secondary N) is 1. The Morgan fingerprint density at radius 1 is 1.23 bits per heavy atom. The minimum absolute atomic E-state index is 0.0657. The molecule has 2 aromatic carbocycles. The zero-order valence-electron chi connectivity index (χ0n) is 14.7. The number of tetrazole rings is 1. The number of aryl methyl sites for hydroxylation is 2. The number of amides is 1. The van der Waals surface area contributed by atoms with E-state index in [9.17, 15) is 4.79 Å². The van der Waals surface area contributed by atoms with Crippen LogP contribution in [0.2, 0.25) is 0 Å². The van der Waals surface area contributed by atoms with Crippen LogP contribution >= 0.6 is 0 Å². The van der Waals surface area contributed by atoms with Crippen LogP contribution in [0.5, 0.6) is 0 Å². The van der Waals surface area contributed by atoms with Gasteiger partial charge < -0.3 is 5.32 Å². The van der Waals surface area contributed by atoms with Gasteiger partial charge in [-0.15, -0.1) is 5.10 Å². The van der Waals surface area contributed by atoms with Crippen LogP contribution in [0.4, 0.5) is 0 Å². The van der Waals surface area contributed by atoms with E-state index in [2.05, 4.69) is 39.0 Å². The van der Waals surface area contributed by atoms with Gasteiger partial charge in [0.2, 0.25) is 0 Å². The lowest BCUT2D eigenvalue weighted by molar-refractivity contribution is 0.0933. The van der Waals surface area contributed by atoms with Crippen molar-refractivity contribution in [1.82, 2.24) is 25.5 Å². The first-order valence-electron chi connectivity index (χ1n) is 9.01. The Hall–Kier alpha value is -3.02. The number of rotatable bonds is 4. The van der Waals surface area contributed by atoms with Gasteiger partial charge in [-0.2, -0.15) is 0 Å². The highest BCUT2D eigenvalue weighted by molar-refractivity contribution is 5.95. The minimum Gasteiger partial charge on any atom is -0.345 e. The predicted octanol–water partition coefficient (Wildman–Crippen LogP) is 3.17. The quantitative estimate of drug-likeness (QED) is 0.787. The van der Waals surface area contributed by atoms with Gasteiger partial charge in [-0.1, -0.05) is 36.4 Å². The van der Waals surface area contributed by atoms with E-state index < -0.39 is 0 Å². The van der Waals surface area contributed by atoms with Gasteiger partial charge in [0, 0.05) is 17.7 Å². The molecule has 1 unspecified atom stereocenters. The molecule has 6 heteroatoms. The summed E-state index contributed by atoms with van der Waals surface area (Å²) in [6.45, 7) is 2.66. The molecule has 6 nitrogen and oxygen atoms in total. The zero-order chi connectivity index (χ0) is 17.9. The normalized spacial score (nSPS) is 16.1. The number of nitrogens with zero attached hydrogens (tertiary/aromatic N) is 4. The fourth-order valence-electron chi connectivity index (χ4n) is 3.57. The third kappa shape index (κ3) is 3.10. The van der Waals surface area contributed by atoms with Crippen LogP contribution in [0.25, 0.3) is 11.4 Å². The summed E-state index contributed by atoms with van der Waals surface area (Å²) in [6, 6.07) is 15.9. The number of hydrogen-bond acceptors (Lipinski definition) is 4. The molecule has 1 N–H and O–H groups in total. The summed E-state index contributed by atoms with van der Waals surface area (Å²) in [7, 11) is 0. The summed E-state index contributed by atoms with van der Waals surface area (Å²) < 4.78 is 1.72. The van der Waals surface area contributed by atoms with Gasteiger partial charge in [0.15, 0.2) is 5.82 Å². The molecule has 3 aromatic rings. The van der Waals surface area contributed by atoms with Crippen LogP contribution in [0.1, 0.15) is 47.3 Å². The van der Waals surface area contributed by atoms with E-state index in [0.29, 0.717) is 17.9 Å². The molecule has 1 aliphatic rings. The first kappa shape index (κ1) is 16.4. The van der Waals surface area contributed by atoms with Crippen LogP contribution < -0.4 is 5.32 Å². The molecule has 1 atom stereocenters. The average molecular weight is 347 g/mol. The Labute approximate surface area is 152 Å². The van der Waals surface area contributed by atoms with Crippen LogP contribution in [0.3, 0.4) is 0 Å². The van der Waals surface area contributed by atoms with Crippen molar-refractivity contribution in [2.45, 2.75) is 38.8 Å². The first-order chi connectivity index (χ1) is 12.8. The highest BCUT2D eigenvalue weighted by Gasteiger charge is 2.22. The standard InChI is InChI=1S/C20H21N5O/c1-2-25-19(22-23-24-25)15-9-5-10-16(13-15)20(26)21-18-12-6-8-14-7-3-4-11-17(14)18/h3-5,7,9-11,13,18H,2,6,8,12H2,1H3,(H,21,26). The van der Waals surface area contributed by atoms with E-state index in [1.165, 1.54) is 11.1 Å². The molecule has 132 valence electrons. The van der Waals surface area contributed by atoms with Crippen molar-refractivity contribution in [3.63, 3.8) is 0 Å². The van der Waals surface area contributed by atoms with E-state index in [0.717, 1.165) is 24.8 Å². The number of aromatic nitrogens is 4. The van der Waals surface area contributed by atoms with E-state index >= 15 is 0 Å². The number of carbonyl (C=O) groups excluding carboxylic acids is 1. The highest BCUT2D eigenvalue weighted by atomic mass is 16.1. The lowest BCUT2D eigenvalue weighted by Crippen LogP contribution is -2.31. The molecule has 1 amide bonds. The molecule has 1 aliphatic carbocycles. The molecule has 0 spiro atoms. The van der Waals surface area contributed by atoms with Gasteiger partial charge >= 0.3 is 0 Å². The molecule has 0 saturated carbocycles. The Morgan fingerprint density at radius 2 is 2.12 bits per heavy atom. The fourth-order valence-corrected chi connectivity index (χ4v) is 3.57. The Kier molecular flexibility index (Phi) is 4.48. The summed E-state index contributed by atoms with van der Waals surface area (Å²) in [4.78, 5) is 12.8. The van der Waals surface area contributed by atoms with Gasteiger partial charge in [-0.25, -0.2) is 4.68 Å². The lowest BCUT2D eigenvalue weighted by Gasteiger charge is -2.26. The SMILES string of the molecule is CCn1nnnc1-c1cccc(C(=O)NC2CCCc3ccccc32)c1. The van der Waals surface area contributed by atoms with Crippen molar-refractivity contribution in [2.24, 2.45) is 0 Å². The molecule has 0 radical (unpaired) electrons. The Bertz CT molecular complexity index is 933. The molecule has 0 bridgehead atoms. The van der Waals surface area contributed by atoms with Gasteiger partial charge in [0.05, 0.1) is 6.04 Å². The van der Waals surface area contributed by atoms with Gasteiger partial charge in [0.1, 0.15) is 0 Å². The van der Waals surface area contributed by atoms with Crippen LogP contribution in [0, 0.1) is 0 Å². The van der Waals surface area contributed by atoms with Crippen LogP contribution in [-0.2, 0) is 13.0 Å². The second kappa shape index (κ2) is 7.07. The van der Waals surface area contributed by atoms with E-state index in [1.807, 2.05) is 37.3 Å². The molecular weight excluding hydrogens is 326 g/mol. The minimum atomic E-state index is -0.0657. The van der Waals surface area contributed by atoms with Gasteiger partial charge in [0.25, 0.3) is 5.91 Å². The fraction of sp³-hybridized carbons (Fsp3) is 0.300. The van der Waals surface area contributed by atoms with Crippen molar-refractivity contribution in [3.05, 3.63) is 65.2 Å². The van der Waals surface area contributed by atoms with E-state index in [4.69, 9.17) is 0 Å². The average Bonchev–Trinajstić information content (AvgIpc) is 3.17. The number of benzene rings is 2. The summed E-state index contributed by atoms with van der Waals surface area (Å²) in [5.41, 5.74) is 4.03. The third-order valence-electron chi connectivity index (χ3n) is 4.89. The molecule has 0 fully saturated rings. The smallest absolute Gasteiger partial charge is 0.251 e. The molecule has 4 rings (SSSR count). The third-order valence-corrected chi connectivity index (χ3v) is 4.89. The van der Waals surface area contributed by atoms with Crippen LogP contribution in [-0.4, -0.2) is 26.1 Å². The van der Waals surface area contributed by atoms with Crippen molar-refractivity contribution in [3.8, 4) is 11.4 Å². The van der Waals surface area contributed by atoms with Crippen LogP contribution in [0.15, 0.2) is 48.5 Å². The molecule has 0 aliphatic heterocycles. The molecule has 1 heterocycles. The van der Waals surface area contributed by atoms with Crippen molar-refractivity contribution in [2.75, 3.05) is 0 Å². The number of carbonyl (C=O) groups is 1. The maximum Gasteiger partial charge on any atom is 0.251 e. The lowest BCUT2D eigenvalue weighted by atomic mass is 9.87. The van der Waals surface area contributed by atoms with E-state index in [1.54, 1.807) is 4.68 Å². The molecular formula is C20H21N5O. The van der Waals surface area contributed by atoms with Crippen molar-refractivity contribution < 1.29 is 4.79 Å². The van der Waals surface area contributed by atoms with E-state index in [-0.39, 0.29) is 11.9 Å². The molecule has 1 aromatic heterocycles. The highest BCUT2D eigenvalue weighted by Crippen LogP contribution is 2.29. The summed E-state index contributed by atoms with van der Waals surface area (Å²) >= 11 is 0. The second-order valence-corrected chi connectivity index (χ2v) is 6.52. The summed E-state index contributed by atoms with van der Waals surface area (Å²) in [6.07, 6.45) is 3.14. The summed E-state index contributed by atoms with van der Waals surface area (Å²) in [5, 5.41) is 15.0. The maximum absolute atomic E-state index is 12.8. The maximum atomic E-state index is 12.8. The number of fused-ring (bicyclic) bond motifs is 1. The molecule has 0 saturated heterocycles. The Morgan fingerprint density at radius 3 is 3.00 bits per heavy atom. The summed E-state index contributed by atoms with van der Waals surface area (Å²) in [5.74, 6) is 0.606. The predicted molar refractivity (Wildman–Crippen MR) is 98.5 cm³/mol. The van der Waals surface area contributed by atoms with Gasteiger partial charge in [-0.3, -0.25) is 4.79 Å². The second-order valence-electron chi connectivity index (χ2n) is 6.52.